The molecule has 0 saturated carbocycles. The molecule has 3 N–H and O–H groups in total. The van der Waals surface area contributed by atoms with Gasteiger partial charge in [0.15, 0.2) is 0 Å². The molecule has 1 aliphatic rings. The SMILES string of the molecule is CCSCCC(C)Nc1nc2c(cc1C(N)=S)CCC2. The highest BCUT2D eigenvalue weighted by molar-refractivity contribution is 7.99. The van der Waals surface area contributed by atoms with E-state index >= 15 is 0 Å². The highest BCUT2D eigenvalue weighted by atomic mass is 32.2. The largest absolute Gasteiger partial charge is 0.389 e. The molecule has 110 valence electrons. The van der Waals surface area contributed by atoms with Crippen molar-refractivity contribution < 1.29 is 0 Å². The van der Waals surface area contributed by atoms with Crippen LogP contribution in [0.25, 0.3) is 0 Å². The summed E-state index contributed by atoms with van der Waals surface area (Å²) < 4.78 is 0. The maximum Gasteiger partial charge on any atom is 0.136 e. The molecule has 0 fully saturated rings. The summed E-state index contributed by atoms with van der Waals surface area (Å²) in [4.78, 5) is 5.19. The van der Waals surface area contributed by atoms with Gasteiger partial charge < -0.3 is 11.1 Å². The fraction of sp³-hybridized carbons (Fsp3) is 0.600. The molecule has 0 saturated heterocycles. The zero-order chi connectivity index (χ0) is 14.5. The maximum atomic E-state index is 5.85. The zero-order valence-electron chi connectivity index (χ0n) is 12.2. The number of nitrogens with two attached hydrogens (primary N) is 1. The van der Waals surface area contributed by atoms with Crippen LogP contribution in [0.3, 0.4) is 0 Å². The van der Waals surface area contributed by atoms with Gasteiger partial charge in [0, 0.05) is 11.7 Å². The van der Waals surface area contributed by atoms with Gasteiger partial charge in [0.05, 0.1) is 5.56 Å². The molecule has 1 aromatic heterocycles. The number of hydrogen-bond acceptors (Lipinski definition) is 4. The van der Waals surface area contributed by atoms with Crippen molar-refractivity contribution in [3.05, 3.63) is 22.9 Å². The molecule has 1 heterocycles. The number of aryl methyl sites for hydroxylation is 2. The molecule has 3 nitrogen and oxygen atoms in total. The lowest BCUT2D eigenvalue weighted by molar-refractivity contribution is 0.764. The van der Waals surface area contributed by atoms with Crippen LogP contribution in [0.1, 0.15) is 43.5 Å². The highest BCUT2D eigenvalue weighted by Crippen LogP contribution is 2.26. The summed E-state index contributed by atoms with van der Waals surface area (Å²) in [6, 6.07) is 2.52. The molecular formula is C15H23N3S2. The van der Waals surface area contributed by atoms with Gasteiger partial charge in [-0.25, -0.2) is 4.98 Å². The van der Waals surface area contributed by atoms with Crippen LogP contribution in [0.5, 0.6) is 0 Å². The van der Waals surface area contributed by atoms with Gasteiger partial charge >= 0.3 is 0 Å². The lowest BCUT2D eigenvalue weighted by Gasteiger charge is -2.18. The standard InChI is InChI=1S/C15H23N3S2/c1-3-20-8-7-10(2)17-15-12(14(16)19)9-11-5-4-6-13(11)18-15/h9-10H,3-8H2,1-2H3,(H2,16,19)(H,17,18). The quantitative estimate of drug-likeness (QED) is 0.598. The first-order valence-corrected chi connectivity index (χ1v) is 8.85. The van der Waals surface area contributed by atoms with Gasteiger partial charge in [0.2, 0.25) is 0 Å². The van der Waals surface area contributed by atoms with E-state index in [2.05, 4.69) is 25.2 Å². The Balaban J connectivity index is 2.11. The van der Waals surface area contributed by atoms with E-state index in [1.807, 2.05) is 11.8 Å². The highest BCUT2D eigenvalue weighted by Gasteiger charge is 2.18. The number of nitrogens with one attached hydrogen (secondary N) is 1. The minimum atomic E-state index is 0.383. The van der Waals surface area contributed by atoms with Crippen LogP contribution in [-0.2, 0) is 12.8 Å². The normalized spacial score (nSPS) is 14.9. The number of thioether (sulfide) groups is 1. The Morgan fingerprint density at radius 3 is 3.05 bits per heavy atom. The zero-order valence-corrected chi connectivity index (χ0v) is 13.9. The second-order valence-electron chi connectivity index (χ2n) is 5.24. The Kier molecular flexibility index (Phi) is 5.66. The molecule has 0 aromatic carbocycles. The maximum absolute atomic E-state index is 5.85. The van der Waals surface area contributed by atoms with E-state index in [-0.39, 0.29) is 0 Å². The lowest BCUT2D eigenvalue weighted by atomic mass is 10.1. The molecule has 20 heavy (non-hydrogen) atoms. The van der Waals surface area contributed by atoms with Crippen molar-refractivity contribution in [2.75, 3.05) is 16.8 Å². The molecular weight excluding hydrogens is 286 g/mol. The van der Waals surface area contributed by atoms with E-state index in [4.69, 9.17) is 22.9 Å². The third-order valence-electron chi connectivity index (χ3n) is 3.60. The predicted molar refractivity (Wildman–Crippen MR) is 92.9 cm³/mol. The molecule has 0 bridgehead atoms. The summed E-state index contributed by atoms with van der Waals surface area (Å²) in [6.07, 6.45) is 4.47. The lowest BCUT2D eigenvalue weighted by Crippen LogP contribution is -2.22. The van der Waals surface area contributed by atoms with Gasteiger partial charge in [0.25, 0.3) is 0 Å². The van der Waals surface area contributed by atoms with Crippen LogP contribution in [0.4, 0.5) is 5.82 Å². The van der Waals surface area contributed by atoms with Crippen LogP contribution in [0.15, 0.2) is 6.07 Å². The van der Waals surface area contributed by atoms with Gasteiger partial charge in [0.1, 0.15) is 10.8 Å². The van der Waals surface area contributed by atoms with Crippen LogP contribution >= 0.6 is 24.0 Å². The molecule has 0 amide bonds. The number of anilines is 1. The molecule has 0 radical (unpaired) electrons. The van der Waals surface area contributed by atoms with Gasteiger partial charge in [-0.15, -0.1) is 0 Å². The molecule has 2 rings (SSSR count). The molecule has 5 heteroatoms. The number of thiocarbonyl (C=S) groups is 1. The molecule has 0 spiro atoms. The van der Waals surface area contributed by atoms with Crippen LogP contribution in [0, 0.1) is 0 Å². The van der Waals surface area contributed by atoms with Crippen molar-refractivity contribution >= 4 is 34.8 Å². The minimum absolute atomic E-state index is 0.383. The predicted octanol–water partition coefficient (Wildman–Crippen LogP) is 3.15. The van der Waals surface area contributed by atoms with E-state index in [1.54, 1.807) is 0 Å². The average molecular weight is 310 g/mol. The van der Waals surface area contributed by atoms with Crippen molar-refractivity contribution in [2.45, 2.75) is 45.6 Å². The molecule has 1 unspecified atom stereocenters. The van der Waals surface area contributed by atoms with Crippen molar-refractivity contribution in [3.63, 3.8) is 0 Å². The summed E-state index contributed by atoms with van der Waals surface area (Å²) in [5, 5.41) is 3.49. The second-order valence-corrected chi connectivity index (χ2v) is 7.07. The number of aromatic nitrogens is 1. The van der Waals surface area contributed by atoms with Crippen molar-refractivity contribution in [1.82, 2.24) is 4.98 Å². The Morgan fingerprint density at radius 1 is 1.55 bits per heavy atom. The van der Waals surface area contributed by atoms with Gasteiger partial charge in [-0.1, -0.05) is 19.1 Å². The smallest absolute Gasteiger partial charge is 0.136 e. The molecule has 1 aliphatic carbocycles. The Labute approximate surface area is 131 Å². The van der Waals surface area contributed by atoms with E-state index in [0.717, 1.165) is 36.4 Å². The van der Waals surface area contributed by atoms with E-state index < -0.39 is 0 Å². The first-order chi connectivity index (χ1) is 9.61. The van der Waals surface area contributed by atoms with Crippen LogP contribution in [0.2, 0.25) is 0 Å². The first kappa shape index (κ1) is 15.6. The van der Waals surface area contributed by atoms with Crippen molar-refractivity contribution in [2.24, 2.45) is 5.73 Å². The van der Waals surface area contributed by atoms with Crippen LogP contribution in [-0.4, -0.2) is 27.5 Å². The van der Waals surface area contributed by atoms with Crippen molar-refractivity contribution in [3.8, 4) is 0 Å². The van der Waals surface area contributed by atoms with E-state index in [9.17, 15) is 0 Å². The summed E-state index contributed by atoms with van der Waals surface area (Å²) >= 11 is 7.14. The average Bonchev–Trinajstić information content (AvgIpc) is 2.85. The second kappa shape index (κ2) is 7.27. The third-order valence-corrected chi connectivity index (χ3v) is 4.75. The summed E-state index contributed by atoms with van der Waals surface area (Å²) in [5.41, 5.74) is 9.28. The Morgan fingerprint density at radius 2 is 2.35 bits per heavy atom. The summed E-state index contributed by atoms with van der Waals surface area (Å²) in [5.74, 6) is 3.20. The van der Waals surface area contributed by atoms with Gasteiger partial charge in [-0.05, 0) is 55.7 Å². The topological polar surface area (TPSA) is 50.9 Å². The van der Waals surface area contributed by atoms with Crippen molar-refractivity contribution in [1.29, 1.82) is 0 Å². The summed E-state index contributed by atoms with van der Waals surface area (Å²) in [6.45, 7) is 4.38. The number of pyridine rings is 1. The number of fused-ring (bicyclic) bond motifs is 1. The van der Waals surface area contributed by atoms with Crippen LogP contribution < -0.4 is 11.1 Å². The fourth-order valence-corrected chi connectivity index (χ4v) is 3.44. The fourth-order valence-electron chi connectivity index (χ4n) is 2.48. The number of nitrogens with zero attached hydrogens (tertiary/aromatic N) is 1. The van der Waals surface area contributed by atoms with E-state index in [1.165, 1.54) is 23.4 Å². The monoisotopic (exact) mass is 309 g/mol. The number of rotatable bonds is 7. The Bertz CT molecular complexity index is 488. The van der Waals surface area contributed by atoms with Gasteiger partial charge in [-0.2, -0.15) is 11.8 Å². The van der Waals surface area contributed by atoms with Gasteiger partial charge in [-0.3, -0.25) is 0 Å². The van der Waals surface area contributed by atoms with E-state index in [0.29, 0.717) is 11.0 Å². The molecule has 1 aromatic rings. The molecule has 0 aliphatic heterocycles. The number of hydrogen-bond donors (Lipinski definition) is 2. The first-order valence-electron chi connectivity index (χ1n) is 7.28. The molecule has 1 atom stereocenters. The summed E-state index contributed by atoms with van der Waals surface area (Å²) in [7, 11) is 0. The third kappa shape index (κ3) is 3.85. The minimum Gasteiger partial charge on any atom is -0.389 e. The Hall–Kier alpha value is -0.810.